The summed E-state index contributed by atoms with van der Waals surface area (Å²) in [7, 11) is 0. The van der Waals surface area contributed by atoms with Gasteiger partial charge in [0.1, 0.15) is 0 Å². The molecule has 0 atom stereocenters. The summed E-state index contributed by atoms with van der Waals surface area (Å²) in [5.41, 5.74) is -1.05. The van der Waals surface area contributed by atoms with Crippen LogP contribution in [0.15, 0.2) is 47.3 Å². The van der Waals surface area contributed by atoms with E-state index in [1.165, 1.54) is 36.4 Å². The average Bonchev–Trinajstić information content (AvgIpc) is 2.60. The third-order valence-corrected chi connectivity index (χ3v) is 3.99. The maximum atomic E-state index is 12.6. The van der Waals surface area contributed by atoms with E-state index in [1.54, 1.807) is 0 Å². The summed E-state index contributed by atoms with van der Waals surface area (Å²) in [6.07, 6.45) is -3.12. The van der Waals surface area contributed by atoms with Gasteiger partial charge in [0.2, 0.25) is 0 Å². The molecule has 0 aliphatic heterocycles. The summed E-state index contributed by atoms with van der Waals surface area (Å²) in [6.45, 7) is 0. The molecule has 0 spiro atoms. The number of aromatic amines is 1. The van der Waals surface area contributed by atoms with E-state index in [2.05, 4.69) is 9.97 Å². The molecule has 3 aromatic rings. The van der Waals surface area contributed by atoms with Gasteiger partial charge in [-0.05, 0) is 41.5 Å². The van der Waals surface area contributed by atoms with Crippen LogP contribution in [0.2, 0.25) is 0 Å². The molecule has 0 bridgehead atoms. The van der Waals surface area contributed by atoms with Gasteiger partial charge in [0.15, 0.2) is 5.82 Å². The lowest BCUT2D eigenvalue weighted by atomic mass is 10.1. The van der Waals surface area contributed by atoms with E-state index in [4.69, 9.17) is 11.6 Å². The molecule has 5 nitrogen and oxygen atoms in total. The van der Waals surface area contributed by atoms with Crippen molar-refractivity contribution in [2.75, 3.05) is 0 Å². The number of rotatable bonds is 3. The lowest BCUT2D eigenvalue weighted by Gasteiger charge is -2.07. The highest BCUT2D eigenvalue weighted by Crippen LogP contribution is 2.30. The second-order valence-corrected chi connectivity index (χ2v) is 5.95. The number of benzene rings is 2. The molecule has 0 fully saturated rings. The molecule has 0 saturated carbocycles. The number of carboxylic acids is 1. The Kier molecular flexibility index (Phi) is 4.75. The number of aromatic nitrogens is 2. The van der Waals surface area contributed by atoms with Crippen molar-refractivity contribution in [2.45, 2.75) is 6.18 Å². The number of aromatic carboxylic acids is 1. The van der Waals surface area contributed by atoms with E-state index in [0.29, 0.717) is 5.56 Å². The zero-order valence-corrected chi connectivity index (χ0v) is 14.1. The van der Waals surface area contributed by atoms with Crippen LogP contribution in [0.25, 0.3) is 22.0 Å². The minimum Gasteiger partial charge on any atom is -0.545 e. The Balaban J connectivity index is 2.01. The molecule has 0 saturated heterocycles. The quantitative estimate of drug-likeness (QED) is 0.741. The molecule has 0 amide bonds. The molecular weight excluding hydrogens is 385 g/mol. The Morgan fingerprint density at radius 2 is 1.81 bits per heavy atom. The molecule has 1 aromatic heterocycles. The fourth-order valence-electron chi connectivity index (χ4n) is 2.36. The summed E-state index contributed by atoms with van der Waals surface area (Å²) < 4.78 is 37.8. The number of carboxylic acid groups (broad SMARTS) is 1. The number of fused-ring (bicyclic) bond motifs is 1. The molecule has 138 valence electrons. The van der Waals surface area contributed by atoms with Gasteiger partial charge < -0.3 is 14.9 Å². The average molecular weight is 394 g/mol. The van der Waals surface area contributed by atoms with Crippen molar-refractivity contribution in [3.05, 3.63) is 75.3 Å². The Hall–Kier alpha value is -3.13. The summed E-state index contributed by atoms with van der Waals surface area (Å²) in [6, 6.07) is 7.93. The van der Waals surface area contributed by atoms with Gasteiger partial charge in [-0.25, -0.2) is 4.98 Å². The highest BCUT2D eigenvalue weighted by Gasteiger charge is 2.29. The molecule has 0 unspecified atom stereocenters. The van der Waals surface area contributed by atoms with Gasteiger partial charge in [0.25, 0.3) is 5.56 Å². The molecule has 0 aliphatic rings. The number of hydrogen-bond donors (Lipinski definition) is 1. The van der Waals surface area contributed by atoms with E-state index in [1.807, 2.05) is 0 Å². The first kappa shape index (κ1) is 18.7. The number of nitrogens with one attached hydrogen (secondary N) is 1. The lowest BCUT2D eigenvalue weighted by molar-refractivity contribution is -0.255. The van der Waals surface area contributed by atoms with Gasteiger partial charge in [-0.2, -0.15) is 13.2 Å². The Morgan fingerprint density at radius 3 is 2.41 bits per heavy atom. The van der Waals surface area contributed by atoms with Crippen LogP contribution in [0.1, 0.15) is 27.3 Å². The van der Waals surface area contributed by atoms with E-state index in [0.717, 1.165) is 12.1 Å². The Labute approximate surface area is 154 Å². The number of halogens is 4. The van der Waals surface area contributed by atoms with Crippen molar-refractivity contribution in [2.24, 2.45) is 0 Å². The number of H-pyrrole nitrogens is 1. The number of alkyl halides is 3. The largest absolute Gasteiger partial charge is 0.545 e. The Morgan fingerprint density at radius 1 is 1.15 bits per heavy atom. The second kappa shape index (κ2) is 6.88. The maximum Gasteiger partial charge on any atom is 0.416 e. The van der Waals surface area contributed by atoms with Gasteiger partial charge in [-0.1, -0.05) is 29.8 Å². The van der Waals surface area contributed by atoms with Crippen LogP contribution in [0.4, 0.5) is 13.2 Å². The number of carbonyl (C=O) groups excluding carboxylic acids is 1. The van der Waals surface area contributed by atoms with Gasteiger partial charge in [0, 0.05) is 0 Å². The van der Waals surface area contributed by atoms with E-state index in [-0.39, 0.29) is 27.3 Å². The first-order valence-electron chi connectivity index (χ1n) is 7.45. The van der Waals surface area contributed by atoms with Crippen LogP contribution in [0.5, 0.6) is 0 Å². The van der Waals surface area contributed by atoms with Gasteiger partial charge in [-0.3, -0.25) is 4.79 Å². The summed E-state index contributed by atoms with van der Waals surface area (Å²) in [5, 5.41) is 11.1. The minimum absolute atomic E-state index is 0.0346. The van der Waals surface area contributed by atoms with E-state index in [9.17, 15) is 27.9 Å². The van der Waals surface area contributed by atoms with E-state index >= 15 is 0 Å². The molecule has 9 heteroatoms. The molecule has 2 aromatic carbocycles. The SMILES string of the molecule is O=C([O-])c1ccc2c(=O)[nH]c(/C(Cl)=C/c3ccc(C(F)(F)F)cc3)nc2c1. The number of hydrogen-bond acceptors (Lipinski definition) is 4. The van der Waals surface area contributed by atoms with Crippen LogP contribution < -0.4 is 10.7 Å². The molecule has 0 radical (unpaired) electrons. The molecule has 0 aliphatic carbocycles. The third-order valence-electron chi connectivity index (χ3n) is 3.70. The molecule has 3 rings (SSSR count). The van der Waals surface area contributed by atoms with Crippen molar-refractivity contribution in [3.63, 3.8) is 0 Å². The second-order valence-electron chi connectivity index (χ2n) is 5.55. The van der Waals surface area contributed by atoms with Crippen LogP contribution >= 0.6 is 11.6 Å². The van der Waals surface area contributed by atoms with Crippen LogP contribution in [-0.2, 0) is 6.18 Å². The first-order valence-corrected chi connectivity index (χ1v) is 7.83. The van der Waals surface area contributed by atoms with Crippen molar-refractivity contribution in [3.8, 4) is 0 Å². The minimum atomic E-state index is -4.45. The van der Waals surface area contributed by atoms with Crippen molar-refractivity contribution < 1.29 is 23.1 Å². The lowest BCUT2D eigenvalue weighted by Crippen LogP contribution is -2.22. The monoisotopic (exact) mass is 393 g/mol. The molecule has 1 N–H and O–H groups in total. The topological polar surface area (TPSA) is 85.9 Å². The molecule has 1 heterocycles. The van der Waals surface area contributed by atoms with Crippen molar-refractivity contribution in [1.82, 2.24) is 9.97 Å². The standard InChI is InChI=1S/C18H10ClF3N2O3/c19-13(7-9-1-4-11(5-2-9)18(20,21)22)15-23-14-8-10(17(26)27)3-6-12(14)16(25)24-15/h1-8H,(H,26,27)(H,23,24,25)/p-1/b13-7-. The molecule has 27 heavy (non-hydrogen) atoms. The normalized spacial score (nSPS) is 12.4. The summed E-state index contributed by atoms with van der Waals surface area (Å²) in [5.74, 6) is -1.48. The van der Waals surface area contributed by atoms with Crippen LogP contribution in [-0.4, -0.2) is 15.9 Å². The van der Waals surface area contributed by atoms with Gasteiger partial charge in [-0.15, -0.1) is 0 Å². The smallest absolute Gasteiger partial charge is 0.416 e. The van der Waals surface area contributed by atoms with Gasteiger partial charge >= 0.3 is 6.18 Å². The van der Waals surface area contributed by atoms with Crippen molar-refractivity contribution in [1.29, 1.82) is 0 Å². The number of nitrogens with zero attached hydrogens (tertiary/aromatic N) is 1. The third kappa shape index (κ3) is 4.01. The summed E-state index contributed by atoms with van der Waals surface area (Å²) in [4.78, 5) is 29.6. The highest BCUT2D eigenvalue weighted by molar-refractivity contribution is 6.50. The zero-order chi connectivity index (χ0) is 19.8. The summed E-state index contributed by atoms with van der Waals surface area (Å²) >= 11 is 6.12. The van der Waals surface area contributed by atoms with Crippen LogP contribution in [0, 0.1) is 0 Å². The van der Waals surface area contributed by atoms with Crippen molar-refractivity contribution >= 4 is 39.6 Å². The molecular formula is C18H9ClF3N2O3-. The highest BCUT2D eigenvalue weighted by atomic mass is 35.5. The fraction of sp³-hybridized carbons (Fsp3) is 0.0556. The number of carbonyl (C=O) groups is 1. The first-order chi connectivity index (χ1) is 12.6. The fourth-order valence-corrected chi connectivity index (χ4v) is 2.58. The maximum absolute atomic E-state index is 12.6. The zero-order valence-electron chi connectivity index (χ0n) is 13.3. The Bertz CT molecular complexity index is 1120. The predicted molar refractivity (Wildman–Crippen MR) is 91.9 cm³/mol. The van der Waals surface area contributed by atoms with Crippen LogP contribution in [0.3, 0.4) is 0 Å². The van der Waals surface area contributed by atoms with Gasteiger partial charge in [0.05, 0.1) is 27.5 Å². The van der Waals surface area contributed by atoms with E-state index < -0.39 is 23.3 Å². The predicted octanol–water partition coefficient (Wildman–Crippen LogP) is 3.04.